The van der Waals surface area contributed by atoms with Crippen LogP contribution < -0.4 is 15.8 Å². The highest BCUT2D eigenvalue weighted by molar-refractivity contribution is 5.97. The fraction of sp³-hybridized carbons (Fsp3) is 0.304. The van der Waals surface area contributed by atoms with Crippen LogP contribution >= 0.6 is 0 Å². The molecule has 3 aromatic rings. The summed E-state index contributed by atoms with van der Waals surface area (Å²) in [6, 6.07) is 10.0. The van der Waals surface area contributed by atoms with E-state index in [9.17, 15) is 13.6 Å². The molecular formula is C23H25F2N3O4. The molecule has 0 unspecified atom stereocenters. The predicted molar refractivity (Wildman–Crippen MR) is 115 cm³/mol. The number of primary amides is 1. The van der Waals surface area contributed by atoms with Crippen LogP contribution in [-0.2, 0) is 0 Å². The number of carbonyl (C=O) groups is 1. The Morgan fingerprint density at radius 1 is 1.06 bits per heavy atom. The van der Waals surface area contributed by atoms with Crippen LogP contribution in [0, 0.1) is 11.6 Å². The molecule has 0 atom stereocenters. The molecule has 2 aromatic carbocycles. The molecule has 0 aliphatic rings. The molecule has 32 heavy (non-hydrogen) atoms. The van der Waals surface area contributed by atoms with Gasteiger partial charge < -0.3 is 25.3 Å². The Balaban J connectivity index is 1.67. The first kappa shape index (κ1) is 23.4. The maximum Gasteiger partial charge on any atom is 0.271 e. The van der Waals surface area contributed by atoms with Gasteiger partial charge in [0.05, 0.1) is 0 Å². The van der Waals surface area contributed by atoms with Crippen molar-refractivity contribution in [1.29, 1.82) is 0 Å². The van der Waals surface area contributed by atoms with Crippen molar-refractivity contribution in [2.24, 2.45) is 5.73 Å². The lowest BCUT2D eigenvalue weighted by Gasteiger charge is -2.08. The SMILES string of the molecule is NC(=O)c1nc(-c2c(F)cccc2F)oc1-c1ccc(OCCNCCCCCO)cc1. The van der Waals surface area contributed by atoms with E-state index in [1.54, 1.807) is 24.3 Å². The molecule has 1 amide bonds. The maximum absolute atomic E-state index is 14.1. The minimum Gasteiger partial charge on any atom is -0.492 e. The third kappa shape index (κ3) is 5.89. The molecule has 3 rings (SSSR count). The van der Waals surface area contributed by atoms with Crippen molar-refractivity contribution < 1.29 is 27.8 Å². The first-order chi connectivity index (χ1) is 15.5. The molecule has 4 N–H and O–H groups in total. The summed E-state index contributed by atoms with van der Waals surface area (Å²) in [5.41, 5.74) is 5.16. The van der Waals surface area contributed by atoms with Crippen LogP contribution in [0.3, 0.4) is 0 Å². The second kappa shape index (κ2) is 11.4. The summed E-state index contributed by atoms with van der Waals surface area (Å²) in [7, 11) is 0. The Morgan fingerprint density at radius 2 is 1.78 bits per heavy atom. The summed E-state index contributed by atoms with van der Waals surface area (Å²) >= 11 is 0. The quantitative estimate of drug-likeness (QED) is 0.368. The van der Waals surface area contributed by atoms with Gasteiger partial charge in [0.2, 0.25) is 5.89 Å². The lowest BCUT2D eigenvalue weighted by atomic mass is 10.1. The Kier molecular flexibility index (Phi) is 8.29. The maximum atomic E-state index is 14.1. The largest absolute Gasteiger partial charge is 0.492 e. The number of hydrogen-bond acceptors (Lipinski definition) is 6. The highest BCUT2D eigenvalue weighted by Gasteiger charge is 2.24. The molecule has 0 bridgehead atoms. The lowest BCUT2D eigenvalue weighted by Crippen LogP contribution is -2.22. The number of aliphatic hydroxyl groups is 1. The van der Waals surface area contributed by atoms with Crippen LogP contribution in [0.25, 0.3) is 22.8 Å². The Labute approximate surface area is 184 Å². The van der Waals surface area contributed by atoms with Gasteiger partial charge >= 0.3 is 0 Å². The number of halogens is 2. The zero-order chi connectivity index (χ0) is 22.9. The summed E-state index contributed by atoms with van der Waals surface area (Å²) < 4.78 is 39.4. The third-order valence-corrected chi connectivity index (χ3v) is 4.71. The number of unbranched alkanes of at least 4 members (excludes halogenated alkanes) is 2. The number of rotatable bonds is 12. The number of amides is 1. The highest BCUT2D eigenvalue weighted by atomic mass is 19.1. The summed E-state index contributed by atoms with van der Waals surface area (Å²) in [6.07, 6.45) is 2.78. The number of nitrogens with two attached hydrogens (primary N) is 1. The van der Waals surface area contributed by atoms with Gasteiger partial charge in [-0.3, -0.25) is 4.79 Å². The van der Waals surface area contributed by atoms with Crippen LogP contribution in [0.15, 0.2) is 46.9 Å². The summed E-state index contributed by atoms with van der Waals surface area (Å²) in [5.74, 6) is -2.34. The number of nitrogens with one attached hydrogen (secondary N) is 1. The molecule has 1 heterocycles. The van der Waals surface area contributed by atoms with Crippen LogP contribution in [-0.4, -0.2) is 42.3 Å². The van der Waals surface area contributed by atoms with Crippen molar-refractivity contribution in [3.8, 4) is 28.5 Å². The van der Waals surface area contributed by atoms with Crippen molar-refractivity contribution in [2.45, 2.75) is 19.3 Å². The van der Waals surface area contributed by atoms with Crippen LogP contribution in [0.4, 0.5) is 8.78 Å². The molecule has 7 nitrogen and oxygen atoms in total. The summed E-state index contributed by atoms with van der Waals surface area (Å²) in [4.78, 5) is 15.8. The fourth-order valence-corrected chi connectivity index (χ4v) is 3.10. The molecule has 1 aromatic heterocycles. The second-order valence-electron chi connectivity index (χ2n) is 7.06. The van der Waals surface area contributed by atoms with E-state index < -0.39 is 23.1 Å². The highest BCUT2D eigenvalue weighted by Crippen LogP contribution is 2.33. The number of nitrogens with zero attached hydrogens (tertiary/aromatic N) is 1. The van der Waals surface area contributed by atoms with Gasteiger partial charge in [-0.2, -0.15) is 0 Å². The average Bonchev–Trinajstić information content (AvgIpc) is 3.21. The molecule has 0 aliphatic carbocycles. The number of hydrogen-bond donors (Lipinski definition) is 3. The topological polar surface area (TPSA) is 111 Å². The van der Waals surface area contributed by atoms with Gasteiger partial charge in [0, 0.05) is 18.7 Å². The van der Waals surface area contributed by atoms with Gasteiger partial charge in [-0.1, -0.05) is 6.07 Å². The van der Waals surface area contributed by atoms with E-state index in [4.69, 9.17) is 20.0 Å². The predicted octanol–water partition coefficient (Wildman–Crippen LogP) is 3.52. The lowest BCUT2D eigenvalue weighted by molar-refractivity contribution is 0.0996. The summed E-state index contributed by atoms with van der Waals surface area (Å²) in [5, 5.41) is 12.0. The van der Waals surface area contributed by atoms with Crippen LogP contribution in [0.1, 0.15) is 29.8 Å². The molecule has 0 fully saturated rings. The third-order valence-electron chi connectivity index (χ3n) is 4.71. The van der Waals surface area contributed by atoms with Crippen molar-refractivity contribution in [3.63, 3.8) is 0 Å². The van der Waals surface area contributed by atoms with Gasteiger partial charge in [-0.05, 0) is 62.2 Å². The van der Waals surface area contributed by atoms with E-state index in [0.29, 0.717) is 24.5 Å². The Morgan fingerprint density at radius 3 is 2.44 bits per heavy atom. The number of aromatic nitrogens is 1. The first-order valence-corrected chi connectivity index (χ1v) is 10.3. The molecular weight excluding hydrogens is 420 g/mol. The zero-order valence-corrected chi connectivity index (χ0v) is 17.4. The number of benzene rings is 2. The molecule has 0 radical (unpaired) electrons. The van der Waals surface area contributed by atoms with Crippen molar-refractivity contribution in [3.05, 3.63) is 59.8 Å². The van der Waals surface area contributed by atoms with Gasteiger partial charge in [-0.15, -0.1) is 0 Å². The van der Waals surface area contributed by atoms with E-state index in [-0.39, 0.29) is 24.0 Å². The zero-order valence-electron chi connectivity index (χ0n) is 17.4. The van der Waals surface area contributed by atoms with Gasteiger partial charge in [0.15, 0.2) is 11.5 Å². The second-order valence-corrected chi connectivity index (χ2v) is 7.06. The number of aliphatic hydroxyl groups excluding tert-OH is 1. The number of carbonyl (C=O) groups excluding carboxylic acids is 1. The van der Waals surface area contributed by atoms with Crippen molar-refractivity contribution >= 4 is 5.91 Å². The summed E-state index contributed by atoms with van der Waals surface area (Å²) in [6.45, 7) is 2.21. The first-order valence-electron chi connectivity index (χ1n) is 10.3. The Bertz CT molecular complexity index is 1020. The van der Waals surface area contributed by atoms with E-state index in [1.807, 2.05) is 0 Å². The van der Waals surface area contributed by atoms with E-state index >= 15 is 0 Å². The van der Waals surface area contributed by atoms with Crippen LogP contribution in [0.2, 0.25) is 0 Å². The van der Waals surface area contributed by atoms with E-state index in [2.05, 4.69) is 10.3 Å². The van der Waals surface area contributed by atoms with Gasteiger partial charge in [0.1, 0.15) is 29.6 Å². The molecule has 0 aliphatic heterocycles. The molecule has 0 saturated heterocycles. The van der Waals surface area contributed by atoms with E-state index in [1.165, 1.54) is 6.07 Å². The van der Waals surface area contributed by atoms with Crippen molar-refractivity contribution in [1.82, 2.24) is 10.3 Å². The minimum atomic E-state index is -0.878. The smallest absolute Gasteiger partial charge is 0.271 e. The molecule has 9 heteroatoms. The number of oxazole rings is 1. The fourth-order valence-electron chi connectivity index (χ4n) is 3.10. The van der Waals surface area contributed by atoms with Gasteiger partial charge in [0.25, 0.3) is 5.91 Å². The minimum absolute atomic E-state index is 0.0197. The van der Waals surface area contributed by atoms with E-state index in [0.717, 1.165) is 37.9 Å². The van der Waals surface area contributed by atoms with Crippen molar-refractivity contribution in [2.75, 3.05) is 26.3 Å². The van der Waals surface area contributed by atoms with Crippen LogP contribution in [0.5, 0.6) is 5.75 Å². The Hall–Kier alpha value is -3.30. The average molecular weight is 445 g/mol. The molecule has 170 valence electrons. The molecule has 0 saturated carbocycles. The standard InChI is InChI=1S/C23H25F2N3O4/c24-17-5-4-6-18(25)19(17)23-28-20(22(26)30)21(32-23)15-7-9-16(10-8-15)31-14-12-27-11-2-1-3-13-29/h4-10,27,29H,1-3,11-14H2,(H2,26,30). The molecule has 0 spiro atoms. The number of ether oxygens (including phenoxy) is 1. The van der Waals surface area contributed by atoms with Gasteiger partial charge in [-0.25, -0.2) is 13.8 Å². The normalized spacial score (nSPS) is 11.0. The monoisotopic (exact) mass is 445 g/mol.